The van der Waals surface area contributed by atoms with Gasteiger partial charge in [-0.25, -0.2) is 4.98 Å². The number of hydrogen-bond donors (Lipinski definition) is 1. The molecule has 1 aliphatic carbocycles. The van der Waals surface area contributed by atoms with Gasteiger partial charge in [-0.15, -0.1) is 11.3 Å². The van der Waals surface area contributed by atoms with Gasteiger partial charge in [0.05, 0.1) is 11.7 Å². The van der Waals surface area contributed by atoms with Crippen LogP contribution in [0.3, 0.4) is 0 Å². The lowest BCUT2D eigenvalue weighted by Crippen LogP contribution is -2.25. The number of thiazole rings is 1. The van der Waals surface area contributed by atoms with Crippen molar-refractivity contribution in [3.63, 3.8) is 0 Å². The number of pyridine rings is 1. The molecule has 0 bridgehead atoms. The Morgan fingerprint density at radius 3 is 3.15 bits per heavy atom. The van der Waals surface area contributed by atoms with Crippen molar-refractivity contribution in [2.75, 3.05) is 6.54 Å². The van der Waals surface area contributed by atoms with Crippen LogP contribution in [0.15, 0.2) is 18.3 Å². The van der Waals surface area contributed by atoms with Gasteiger partial charge >= 0.3 is 0 Å². The number of aromatic nitrogens is 2. The van der Waals surface area contributed by atoms with Gasteiger partial charge in [-0.2, -0.15) is 0 Å². The SMILES string of the molecule is CCCNC1CCCc2sc(-c3ncccc3C)nc21. The highest BCUT2D eigenvalue weighted by molar-refractivity contribution is 7.15. The summed E-state index contributed by atoms with van der Waals surface area (Å²) in [5.74, 6) is 0. The van der Waals surface area contributed by atoms with Crippen molar-refractivity contribution in [2.45, 2.75) is 45.6 Å². The molecule has 2 heterocycles. The lowest BCUT2D eigenvalue weighted by molar-refractivity contribution is 0.454. The van der Waals surface area contributed by atoms with E-state index in [4.69, 9.17) is 4.98 Å². The maximum atomic E-state index is 4.91. The lowest BCUT2D eigenvalue weighted by Gasteiger charge is -2.22. The second-order valence-corrected chi connectivity index (χ2v) is 6.48. The Labute approximate surface area is 124 Å². The third-order valence-corrected chi connectivity index (χ3v) is 4.94. The number of fused-ring (bicyclic) bond motifs is 1. The van der Waals surface area contributed by atoms with E-state index < -0.39 is 0 Å². The Kier molecular flexibility index (Phi) is 4.13. The summed E-state index contributed by atoms with van der Waals surface area (Å²) in [5, 5.41) is 4.71. The van der Waals surface area contributed by atoms with Crippen molar-refractivity contribution in [1.29, 1.82) is 0 Å². The molecule has 1 aliphatic rings. The predicted octanol–water partition coefficient (Wildman–Crippen LogP) is 3.89. The molecule has 1 unspecified atom stereocenters. The molecule has 0 saturated carbocycles. The minimum atomic E-state index is 0.438. The predicted molar refractivity (Wildman–Crippen MR) is 84.1 cm³/mol. The average molecular weight is 287 g/mol. The molecule has 2 aromatic rings. The molecule has 106 valence electrons. The van der Waals surface area contributed by atoms with E-state index in [0.29, 0.717) is 6.04 Å². The van der Waals surface area contributed by atoms with E-state index in [1.165, 1.54) is 41.8 Å². The summed E-state index contributed by atoms with van der Waals surface area (Å²) >= 11 is 1.83. The van der Waals surface area contributed by atoms with Gasteiger partial charge in [-0.3, -0.25) is 4.98 Å². The number of aryl methyl sites for hydroxylation is 2. The van der Waals surface area contributed by atoms with Gasteiger partial charge in [0, 0.05) is 11.1 Å². The van der Waals surface area contributed by atoms with Crippen molar-refractivity contribution in [2.24, 2.45) is 0 Å². The number of nitrogens with one attached hydrogen (secondary N) is 1. The van der Waals surface area contributed by atoms with E-state index in [0.717, 1.165) is 17.2 Å². The van der Waals surface area contributed by atoms with Gasteiger partial charge in [0.25, 0.3) is 0 Å². The van der Waals surface area contributed by atoms with Gasteiger partial charge in [0.15, 0.2) is 0 Å². The minimum absolute atomic E-state index is 0.438. The number of hydrogen-bond acceptors (Lipinski definition) is 4. The van der Waals surface area contributed by atoms with E-state index in [1.54, 1.807) is 0 Å². The molecule has 0 aromatic carbocycles. The molecule has 3 nitrogen and oxygen atoms in total. The smallest absolute Gasteiger partial charge is 0.142 e. The fourth-order valence-corrected chi connectivity index (χ4v) is 3.97. The zero-order valence-electron chi connectivity index (χ0n) is 12.1. The van der Waals surface area contributed by atoms with Gasteiger partial charge < -0.3 is 5.32 Å². The number of rotatable bonds is 4. The first-order valence-corrected chi connectivity index (χ1v) is 8.26. The second-order valence-electron chi connectivity index (χ2n) is 5.40. The second kappa shape index (κ2) is 6.02. The summed E-state index contributed by atoms with van der Waals surface area (Å²) < 4.78 is 0. The largest absolute Gasteiger partial charge is 0.309 e. The highest BCUT2D eigenvalue weighted by Gasteiger charge is 2.25. The average Bonchev–Trinajstić information content (AvgIpc) is 2.89. The minimum Gasteiger partial charge on any atom is -0.309 e. The van der Waals surface area contributed by atoms with Crippen LogP contribution in [0.4, 0.5) is 0 Å². The summed E-state index contributed by atoms with van der Waals surface area (Å²) in [6.07, 6.45) is 6.66. The fraction of sp³-hybridized carbons (Fsp3) is 0.500. The molecular formula is C16H21N3S. The molecule has 3 rings (SSSR count). The van der Waals surface area contributed by atoms with Crippen molar-refractivity contribution in [3.05, 3.63) is 34.5 Å². The van der Waals surface area contributed by atoms with Crippen molar-refractivity contribution in [1.82, 2.24) is 15.3 Å². The van der Waals surface area contributed by atoms with Crippen LogP contribution in [0.2, 0.25) is 0 Å². The normalized spacial score (nSPS) is 18.0. The number of nitrogens with zero attached hydrogens (tertiary/aromatic N) is 2. The third-order valence-electron chi connectivity index (χ3n) is 3.81. The zero-order chi connectivity index (χ0) is 13.9. The first kappa shape index (κ1) is 13.7. The van der Waals surface area contributed by atoms with E-state index in [9.17, 15) is 0 Å². The Morgan fingerprint density at radius 1 is 1.45 bits per heavy atom. The topological polar surface area (TPSA) is 37.8 Å². The van der Waals surface area contributed by atoms with Crippen LogP contribution < -0.4 is 5.32 Å². The maximum Gasteiger partial charge on any atom is 0.142 e. The molecule has 0 saturated heterocycles. The summed E-state index contributed by atoms with van der Waals surface area (Å²) in [4.78, 5) is 10.9. The Hall–Kier alpha value is -1.26. The van der Waals surface area contributed by atoms with E-state index in [2.05, 4.69) is 30.2 Å². The van der Waals surface area contributed by atoms with E-state index >= 15 is 0 Å². The van der Waals surface area contributed by atoms with Gasteiger partial charge in [-0.05, 0) is 50.8 Å². The molecule has 4 heteroatoms. The van der Waals surface area contributed by atoms with Crippen LogP contribution in [0.25, 0.3) is 10.7 Å². The van der Waals surface area contributed by atoms with Crippen LogP contribution >= 0.6 is 11.3 Å². The summed E-state index contributed by atoms with van der Waals surface area (Å²) in [6, 6.07) is 4.53. The molecule has 1 N–H and O–H groups in total. The fourth-order valence-electron chi connectivity index (χ4n) is 2.75. The van der Waals surface area contributed by atoms with Crippen LogP contribution in [-0.4, -0.2) is 16.5 Å². The van der Waals surface area contributed by atoms with Crippen molar-refractivity contribution < 1.29 is 0 Å². The highest BCUT2D eigenvalue weighted by atomic mass is 32.1. The highest BCUT2D eigenvalue weighted by Crippen LogP contribution is 2.37. The molecule has 0 spiro atoms. The quantitative estimate of drug-likeness (QED) is 0.927. The molecule has 20 heavy (non-hydrogen) atoms. The molecular weight excluding hydrogens is 266 g/mol. The van der Waals surface area contributed by atoms with Crippen molar-refractivity contribution in [3.8, 4) is 10.7 Å². The molecule has 0 radical (unpaired) electrons. The Balaban J connectivity index is 1.93. The van der Waals surface area contributed by atoms with Crippen LogP contribution in [0, 0.1) is 6.92 Å². The first-order valence-electron chi connectivity index (χ1n) is 7.44. The van der Waals surface area contributed by atoms with E-state index in [1.807, 2.05) is 23.6 Å². The molecule has 0 aliphatic heterocycles. The molecule has 2 aromatic heterocycles. The lowest BCUT2D eigenvalue weighted by atomic mass is 9.97. The molecule has 0 amide bonds. The van der Waals surface area contributed by atoms with Crippen LogP contribution in [-0.2, 0) is 6.42 Å². The zero-order valence-corrected chi connectivity index (χ0v) is 13.0. The standard InChI is InChI=1S/C16H21N3S/c1-3-9-17-12-7-4-8-13-15(12)19-16(20-13)14-11(2)6-5-10-18-14/h5-6,10,12,17H,3-4,7-9H2,1-2H3. The summed E-state index contributed by atoms with van der Waals surface area (Å²) in [5.41, 5.74) is 3.52. The monoisotopic (exact) mass is 287 g/mol. The Morgan fingerprint density at radius 2 is 2.35 bits per heavy atom. The van der Waals surface area contributed by atoms with Gasteiger partial charge in [0.1, 0.15) is 10.7 Å². The molecule has 0 fully saturated rings. The van der Waals surface area contributed by atoms with Gasteiger partial charge in [0.2, 0.25) is 0 Å². The van der Waals surface area contributed by atoms with Crippen LogP contribution in [0.5, 0.6) is 0 Å². The third kappa shape index (κ3) is 2.63. The molecule has 1 atom stereocenters. The first-order chi connectivity index (χ1) is 9.79. The van der Waals surface area contributed by atoms with Crippen molar-refractivity contribution >= 4 is 11.3 Å². The van der Waals surface area contributed by atoms with Crippen LogP contribution in [0.1, 0.15) is 48.4 Å². The summed E-state index contributed by atoms with van der Waals surface area (Å²) in [7, 11) is 0. The Bertz CT molecular complexity index is 591. The van der Waals surface area contributed by atoms with E-state index in [-0.39, 0.29) is 0 Å². The van der Waals surface area contributed by atoms with Gasteiger partial charge in [-0.1, -0.05) is 13.0 Å². The summed E-state index contributed by atoms with van der Waals surface area (Å²) in [6.45, 7) is 5.38. The maximum absolute atomic E-state index is 4.91.